The molecule has 2 N–H and O–H groups in total. The zero-order chi connectivity index (χ0) is 19.2. The molecule has 0 spiro atoms. The predicted octanol–water partition coefficient (Wildman–Crippen LogP) is 2.15. The number of ether oxygens (including phenoxy) is 1. The Balaban J connectivity index is 1.72. The number of hydrogen-bond donors (Lipinski definition) is 2. The SMILES string of the molecule is COCC(=O)Nc1ccc(NC(=O)c2cccc(-n3cnnc3)n2)cc1Cl. The molecule has 9 nitrogen and oxygen atoms in total. The number of carbonyl (C=O) groups excluding carboxylic acids is 2. The zero-order valence-corrected chi connectivity index (χ0v) is 15.0. The molecule has 0 bridgehead atoms. The quantitative estimate of drug-likeness (QED) is 0.671. The molecule has 0 unspecified atom stereocenters. The fraction of sp³-hybridized carbons (Fsp3) is 0.118. The van der Waals surface area contributed by atoms with E-state index in [1.54, 1.807) is 34.9 Å². The monoisotopic (exact) mass is 386 g/mol. The summed E-state index contributed by atoms with van der Waals surface area (Å²) in [5.41, 5.74) is 1.10. The average Bonchev–Trinajstić information content (AvgIpc) is 3.19. The molecule has 2 amide bonds. The summed E-state index contributed by atoms with van der Waals surface area (Å²) in [5, 5.41) is 13.0. The highest BCUT2D eigenvalue weighted by Gasteiger charge is 2.11. The van der Waals surface area contributed by atoms with Crippen molar-refractivity contribution in [3.63, 3.8) is 0 Å². The lowest BCUT2D eigenvalue weighted by Gasteiger charge is -2.10. The van der Waals surface area contributed by atoms with Gasteiger partial charge >= 0.3 is 0 Å². The average molecular weight is 387 g/mol. The van der Waals surface area contributed by atoms with Gasteiger partial charge in [-0.05, 0) is 30.3 Å². The number of pyridine rings is 1. The minimum Gasteiger partial charge on any atom is -0.375 e. The van der Waals surface area contributed by atoms with Crippen molar-refractivity contribution in [1.82, 2.24) is 19.7 Å². The van der Waals surface area contributed by atoms with Crippen LogP contribution in [0.25, 0.3) is 5.82 Å². The highest BCUT2D eigenvalue weighted by atomic mass is 35.5. The van der Waals surface area contributed by atoms with Crippen molar-refractivity contribution in [2.24, 2.45) is 0 Å². The molecular formula is C17H15ClN6O3. The fourth-order valence-corrected chi connectivity index (χ4v) is 2.45. The second kappa shape index (κ2) is 8.39. The van der Waals surface area contributed by atoms with Gasteiger partial charge in [0.1, 0.15) is 30.8 Å². The van der Waals surface area contributed by atoms with E-state index in [9.17, 15) is 9.59 Å². The predicted molar refractivity (Wildman–Crippen MR) is 99.1 cm³/mol. The molecule has 0 aliphatic rings. The van der Waals surface area contributed by atoms with E-state index in [0.29, 0.717) is 17.2 Å². The number of nitrogens with one attached hydrogen (secondary N) is 2. The summed E-state index contributed by atoms with van der Waals surface area (Å²) in [6.45, 7) is -0.0801. The summed E-state index contributed by atoms with van der Waals surface area (Å²) >= 11 is 6.16. The molecule has 0 radical (unpaired) electrons. The van der Waals surface area contributed by atoms with E-state index in [2.05, 4.69) is 25.8 Å². The first-order chi connectivity index (χ1) is 13.1. The maximum Gasteiger partial charge on any atom is 0.274 e. The minimum atomic E-state index is -0.405. The Morgan fingerprint density at radius 3 is 2.63 bits per heavy atom. The molecule has 3 aromatic rings. The third-order valence-corrected chi connectivity index (χ3v) is 3.74. The van der Waals surface area contributed by atoms with Gasteiger partial charge < -0.3 is 15.4 Å². The third-order valence-electron chi connectivity index (χ3n) is 3.43. The molecule has 2 aromatic heterocycles. The second-order valence-electron chi connectivity index (χ2n) is 5.38. The first-order valence-corrected chi connectivity index (χ1v) is 8.16. The van der Waals surface area contributed by atoms with E-state index in [0.717, 1.165) is 0 Å². The van der Waals surface area contributed by atoms with E-state index in [1.165, 1.54) is 25.8 Å². The molecule has 0 saturated carbocycles. The Kier molecular flexibility index (Phi) is 5.74. The van der Waals surface area contributed by atoms with Crippen molar-refractivity contribution in [2.75, 3.05) is 24.4 Å². The number of anilines is 2. The number of amides is 2. The highest BCUT2D eigenvalue weighted by Crippen LogP contribution is 2.25. The van der Waals surface area contributed by atoms with Crippen molar-refractivity contribution in [3.05, 3.63) is 59.8 Å². The van der Waals surface area contributed by atoms with Crippen LogP contribution in [0.3, 0.4) is 0 Å². The van der Waals surface area contributed by atoms with Crippen LogP contribution in [0.1, 0.15) is 10.5 Å². The number of rotatable bonds is 6. The van der Waals surface area contributed by atoms with E-state index in [-0.39, 0.29) is 23.2 Å². The normalized spacial score (nSPS) is 10.4. The van der Waals surface area contributed by atoms with Gasteiger partial charge in [-0.15, -0.1) is 10.2 Å². The Bertz CT molecular complexity index is 961. The van der Waals surface area contributed by atoms with Gasteiger partial charge in [-0.3, -0.25) is 14.2 Å². The van der Waals surface area contributed by atoms with Gasteiger partial charge in [0.2, 0.25) is 5.91 Å². The van der Waals surface area contributed by atoms with Crippen molar-refractivity contribution >= 4 is 34.8 Å². The molecule has 1 aromatic carbocycles. The molecule has 0 aliphatic heterocycles. The van der Waals surface area contributed by atoms with Gasteiger partial charge in [0.15, 0.2) is 0 Å². The van der Waals surface area contributed by atoms with Crippen LogP contribution in [-0.2, 0) is 9.53 Å². The smallest absolute Gasteiger partial charge is 0.274 e. The number of carbonyl (C=O) groups is 2. The number of methoxy groups -OCH3 is 1. The summed E-state index contributed by atoms with van der Waals surface area (Å²) in [5.74, 6) is -0.217. The van der Waals surface area contributed by atoms with Gasteiger partial charge in [0.25, 0.3) is 5.91 Å². The summed E-state index contributed by atoms with van der Waals surface area (Å²) in [4.78, 5) is 28.3. The molecule has 10 heteroatoms. The van der Waals surface area contributed by atoms with Gasteiger partial charge in [0.05, 0.1) is 10.7 Å². The highest BCUT2D eigenvalue weighted by molar-refractivity contribution is 6.34. The summed E-state index contributed by atoms with van der Waals surface area (Å²) in [6, 6.07) is 9.77. The van der Waals surface area contributed by atoms with Gasteiger partial charge in [-0.1, -0.05) is 17.7 Å². The lowest BCUT2D eigenvalue weighted by molar-refractivity contribution is -0.119. The maximum atomic E-state index is 12.5. The molecular weight excluding hydrogens is 372 g/mol. The molecule has 3 rings (SSSR count). The number of hydrogen-bond acceptors (Lipinski definition) is 6. The van der Waals surface area contributed by atoms with E-state index in [4.69, 9.17) is 16.3 Å². The zero-order valence-electron chi connectivity index (χ0n) is 14.2. The summed E-state index contributed by atoms with van der Waals surface area (Å²) < 4.78 is 6.34. The van der Waals surface area contributed by atoms with Crippen molar-refractivity contribution in [1.29, 1.82) is 0 Å². The Morgan fingerprint density at radius 1 is 1.15 bits per heavy atom. The first-order valence-electron chi connectivity index (χ1n) is 7.78. The van der Waals surface area contributed by atoms with Crippen LogP contribution in [0, 0.1) is 0 Å². The summed E-state index contributed by atoms with van der Waals surface area (Å²) in [7, 11) is 1.42. The maximum absolute atomic E-state index is 12.5. The van der Waals surface area contributed by atoms with Crippen LogP contribution in [0.15, 0.2) is 49.1 Å². The lowest BCUT2D eigenvalue weighted by atomic mass is 10.2. The van der Waals surface area contributed by atoms with Gasteiger partial charge in [0, 0.05) is 12.8 Å². The molecule has 0 aliphatic carbocycles. The second-order valence-corrected chi connectivity index (χ2v) is 5.79. The van der Waals surface area contributed by atoms with Crippen LogP contribution >= 0.6 is 11.6 Å². The standard InChI is InChI=1S/C17H15ClN6O3/c1-27-8-16(25)23-13-6-5-11(7-12(13)18)21-17(26)14-3-2-4-15(22-14)24-9-19-20-10-24/h2-7,9-10H,8H2,1H3,(H,21,26)(H,23,25). The first kappa shape index (κ1) is 18.5. The van der Waals surface area contributed by atoms with E-state index < -0.39 is 5.91 Å². The Labute approximate surface area is 159 Å². The topological polar surface area (TPSA) is 111 Å². The number of aromatic nitrogens is 4. The lowest BCUT2D eigenvalue weighted by Crippen LogP contribution is -2.17. The van der Waals surface area contributed by atoms with Crippen LogP contribution in [0.2, 0.25) is 5.02 Å². The molecule has 0 saturated heterocycles. The minimum absolute atomic E-state index is 0.0801. The van der Waals surface area contributed by atoms with Crippen LogP contribution < -0.4 is 10.6 Å². The third kappa shape index (κ3) is 4.66. The van der Waals surface area contributed by atoms with Crippen molar-refractivity contribution in [2.45, 2.75) is 0 Å². The van der Waals surface area contributed by atoms with Crippen LogP contribution in [0.4, 0.5) is 11.4 Å². The van der Waals surface area contributed by atoms with E-state index >= 15 is 0 Å². The molecule has 2 heterocycles. The van der Waals surface area contributed by atoms with Gasteiger partial charge in [-0.2, -0.15) is 0 Å². The van der Waals surface area contributed by atoms with Crippen molar-refractivity contribution < 1.29 is 14.3 Å². The van der Waals surface area contributed by atoms with Crippen LogP contribution in [0.5, 0.6) is 0 Å². The van der Waals surface area contributed by atoms with Crippen LogP contribution in [-0.4, -0.2) is 45.3 Å². The number of halogens is 1. The molecule has 0 atom stereocenters. The summed E-state index contributed by atoms with van der Waals surface area (Å²) in [6.07, 6.45) is 2.97. The molecule has 27 heavy (non-hydrogen) atoms. The number of nitrogens with zero attached hydrogens (tertiary/aromatic N) is 4. The molecule has 0 fully saturated rings. The Morgan fingerprint density at radius 2 is 1.93 bits per heavy atom. The van der Waals surface area contributed by atoms with Gasteiger partial charge in [-0.25, -0.2) is 4.98 Å². The van der Waals surface area contributed by atoms with E-state index in [1.807, 2.05) is 0 Å². The fourth-order valence-electron chi connectivity index (χ4n) is 2.22. The number of benzene rings is 1. The molecule has 138 valence electrons. The Hall–Kier alpha value is -3.30. The largest absolute Gasteiger partial charge is 0.375 e. The van der Waals surface area contributed by atoms with Crippen molar-refractivity contribution in [3.8, 4) is 5.82 Å².